The Morgan fingerprint density at radius 3 is 2.81 bits per heavy atom. The first kappa shape index (κ1) is 19.2. The summed E-state index contributed by atoms with van der Waals surface area (Å²) in [5.41, 5.74) is 3.14. The number of benzene rings is 2. The lowest BCUT2D eigenvalue weighted by molar-refractivity contribution is -0.120. The highest BCUT2D eigenvalue weighted by atomic mass is 16.5. The molecule has 144 valence electrons. The summed E-state index contributed by atoms with van der Waals surface area (Å²) in [6.45, 7) is 3.81. The van der Waals surface area contributed by atoms with Crippen molar-refractivity contribution in [2.24, 2.45) is 0 Å². The number of aryl methyl sites for hydroxylation is 1. The van der Waals surface area contributed by atoms with Gasteiger partial charge in [0.15, 0.2) is 11.5 Å². The Morgan fingerprint density at radius 2 is 2.07 bits per heavy atom. The molecule has 1 fully saturated rings. The highest BCUT2D eigenvalue weighted by Gasteiger charge is 2.17. The Bertz CT molecular complexity index is 769. The van der Waals surface area contributed by atoms with Crippen molar-refractivity contribution < 1.29 is 19.0 Å². The van der Waals surface area contributed by atoms with E-state index in [1.54, 1.807) is 7.11 Å². The molecule has 0 bridgehead atoms. The maximum atomic E-state index is 12.2. The number of carbonyl (C=O) groups excluding carboxylic acids is 1. The van der Waals surface area contributed by atoms with Crippen LogP contribution in [0.1, 0.15) is 29.5 Å². The normalized spacial score (nSPS) is 16.1. The first-order valence-electron chi connectivity index (χ1n) is 9.38. The number of carbonyl (C=O) groups is 1. The molecule has 2 aromatic carbocycles. The van der Waals surface area contributed by atoms with Crippen molar-refractivity contribution in [3.05, 3.63) is 59.2 Å². The highest BCUT2D eigenvalue weighted by molar-refractivity contribution is 5.78. The largest absolute Gasteiger partial charge is 0.493 e. The average Bonchev–Trinajstić information content (AvgIpc) is 3.20. The first-order chi connectivity index (χ1) is 13.2. The summed E-state index contributed by atoms with van der Waals surface area (Å²) >= 11 is 0. The van der Waals surface area contributed by atoms with Gasteiger partial charge in [-0.25, -0.2) is 0 Å². The maximum Gasteiger partial charge on any atom is 0.224 e. The number of rotatable bonds is 8. The third-order valence-corrected chi connectivity index (χ3v) is 4.78. The zero-order valence-corrected chi connectivity index (χ0v) is 16.0. The average molecular weight is 369 g/mol. The van der Waals surface area contributed by atoms with Crippen LogP contribution in [-0.2, 0) is 22.5 Å². The van der Waals surface area contributed by atoms with Gasteiger partial charge in [-0.1, -0.05) is 30.3 Å². The third-order valence-electron chi connectivity index (χ3n) is 4.78. The van der Waals surface area contributed by atoms with Crippen molar-refractivity contribution in [2.45, 2.75) is 38.8 Å². The summed E-state index contributed by atoms with van der Waals surface area (Å²) in [5, 5.41) is 2.97. The molecule has 0 aromatic heterocycles. The highest BCUT2D eigenvalue weighted by Crippen LogP contribution is 2.29. The Kier molecular flexibility index (Phi) is 6.71. The lowest BCUT2D eigenvalue weighted by Crippen LogP contribution is -2.24. The van der Waals surface area contributed by atoms with Gasteiger partial charge in [-0.3, -0.25) is 4.79 Å². The summed E-state index contributed by atoms with van der Waals surface area (Å²) in [6, 6.07) is 13.7. The Balaban J connectivity index is 1.53. The van der Waals surface area contributed by atoms with Gasteiger partial charge < -0.3 is 19.5 Å². The predicted octanol–water partition coefficient (Wildman–Crippen LogP) is 3.42. The van der Waals surface area contributed by atoms with Crippen LogP contribution in [0.25, 0.3) is 0 Å². The molecule has 1 aliphatic rings. The molecule has 0 radical (unpaired) electrons. The minimum Gasteiger partial charge on any atom is -0.493 e. The van der Waals surface area contributed by atoms with E-state index in [0.29, 0.717) is 31.1 Å². The van der Waals surface area contributed by atoms with Crippen LogP contribution in [0.3, 0.4) is 0 Å². The fourth-order valence-electron chi connectivity index (χ4n) is 3.14. The van der Waals surface area contributed by atoms with Gasteiger partial charge in [-0.2, -0.15) is 0 Å². The minimum absolute atomic E-state index is 0.00183. The molecule has 1 saturated heterocycles. The van der Waals surface area contributed by atoms with E-state index >= 15 is 0 Å². The number of ether oxygens (including phenoxy) is 3. The zero-order chi connectivity index (χ0) is 19.1. The fourth-order valence-corrected chi connectivity index (χ4v) is 3.14. The smallest absolute Gasteiger partial charge is 0.224 e. The Labute approximate surface area is 160 Å². The number of methoxy groups -OCH3 is 1. The number of nitrogens with one attached hydrogen (secondary N) is 1. The second-order valence-corrected chi connectivity index (χ2v) is 6.81. The van der Waals surface area contributed by atoms with Crippen LogP contribution in [0, 0.1) is 6.92 Å². The number of hydrogen-bond donors (Lipinski definition) is 1. The summed E-state index contributed by atoms with van der Waals surface area (Å²) in [5.74, 6) is 1.36. The Hall–Kier alpha value is -2.53. The van der Waals surface area contributed by atoms with Crippen molar-refractivity contribution in [2.75, 3.05) is 20.3 Å². The molecule has 1 atom stereocenters. The maximum absolute atomic E-state index is 12.2. The molecule has 0 aliphatic carbocycles. The topological polar surface area (TPSA) is 56.8 Å². The van der Waals surface area contributed by atoms with Crippen LogP contribution >= 0.6 is 0 Å². The molecule has 0 saturated carbocycles. The van der Waals surface area contributed by atoms with E-state index in [4.69, 9.17) is 14.2 Å². The van der Waals surface area contributed by atoms with Crippen LogP contribution in [0.15, 0.2) is 42.5 Å². The monoisotopic (exact) mass is 369 g/mol. The van der Waals surface area contributed by atoms with Crippen molar-refractivity contribution in [1.82, 2.24) is 5.32 Å². The van der Waals surface area contributed by atoms with Crippen LogP contribution in [0.2, 0.25) is 0 Å². The van der Waals surface area contributed by atoms with Crippen molar-refractivity contribution in [1.29, 1.82) is 0 Å². The van der Waals surface area contributed by atoms with Gasteiger partial charge in [0.2, 0.25) is 5.91 Å². The summed E-state index contributed by atoms with van der Waals surface area (Å²) in [4.78, 5) is 12.2. The lowest BCUT2D eigenvalue weighted by Gasteiger charge is -2.15. The van der Waals surface area contributed by atoms with Crippen LogP contribution in [-0.4, -0.2) is 32.3 Å². The molecule has 1 heterocycles. The summed E-state index contributed by atoms with van der Waals surface area (Å²) in [6.07, 6.45) is 2.67. The van der Waals surface area contributed by atoms with E-state index in [1.807, 2.05) is 49.4 Å². The molecule has 1 N–H and O–H groups in total. The van der Waals surface area contributed by atoms with Gasteiger partial charge in [0.1, 0.15) is 6.61 Å². The molecule has 5 heteroatoms. The van der Waals surface area contributed by atoms with Crippen LogP contribution < -0.4 is 14.8 Å². The molecule has 0 unspecified atom stereocenters. The summed E-state index contributed by atoms with van der Waals surface area (Å²) in [7, 11) is 1.62. The van der Waals surface area contributed by atoms with Crippen LogP contribution in [0.4, 0.5) is 0 Å². The van der Waals surface area contributed by atoms with E-state index in [1.165, 1.54) is 0 Å². The van der Waals surface area contributed by atoms with Crippen molar-refractivity contribution >= 4 is 5.91 Å². The van der Waals surface area contributed by atoms with E-state index in [9.17, 15) is 4.79 Å². The molecule has 3 rings (SSSR count). The minimum atomic E-state index is 0.00183. The number of hydrogen-bond acceptors (Lipinski definition) is 4. The van der Waals surface area contributed by atoms with Gasteiger partial charge >= 0.3 is 0 Å². The molecule has 2 aromatic rings. The molecular weight excluding hydrogens is 342 g/mol. The van der Waals surface area contributed by atoms with Gasteiger partial charge in [0.05, 0.1) is 19.6 Å². The van der Waals surface area contributed by atoms with E-state index in [2.05, 4.69) is 5.32 Å². The third kappa shape index (κ3) is 5.47. The zero-order valence-electron chi connectivity index (χ0n) is 16.0. The molecule has 1 amide bonds. The van der Waals surface area contributed by atoms with Gasteiger partial charge in [0, 0.05) is 13.2 Å². The first-order valence-corrected chi connectivity index (χ1v) is 9.38. The summed E-state index contributed by atoms with van der Waals surface area (Å²) < 4.78 is 16.9. The van der Waals surface area contributed by atoms with E-state index in [-0.39, 0.29) is 12.0 Å². The van der Waals surface area contributed by atoms with Gasteiger partial charge in [0.25, 0.3) is 0 Å². The quantitative estimate of drug-likeness (QED) is 0.775. The number of amides is 1. The van der Waals surface area contributed by atoms with Gasteiger partial charge in [-0.15, -0.1) is 0 Å². The van der Waals surface area contributed by atoms with Crippen molar-refractivity contribution in [3.8, 4) is 11.5 Å². The Morgan fingerprint density at radius 1 is 1.22 bits per heavy atom. The van der Waals surface area contributed by atoms with Crippen LogP contribution in [0.5, 0.6) is 11.5 Å². The van der Waals surface area contributed by atoms with E-state index < -0.39 is 0 Å². The molecule has 5 nitrogen and oxygen atoms in total. The second-order valence-electron chi connectivity index (χ2n) is 6.81. The van der Waals surface area contributed by atoms with E-state index in [0.717, 1.165) is 36.1 Å². The molecule has 27 heavy (non-hydrogen) atoms. The van der Waals surface area contributed by atoms with Crippen molar-refractivity contribution in [3.63, 3.8) is 0 Å². The standard InChI is InChI=1S/C22H27NO4/c1-16-6-3-4-7-18(16)13-22(24)23-14-17-9-10-20(21(12-17)25-2)27-15-19-8-5-11-26-19/h3-4,6-7,9-10,12,19H,5,8,11,13-15H2,1-2H3,(H,23,24)/t19-/m0/s1. The molecular formula is C22H27NO4. The van der Waals surface area contributed by atoms with Gasteiger partial charge in [-0.05, 0) is 48.6 Å². The fraction of sp³-hybridized carbons (Fsp3) is 0.409. The second kappa shape index (κ2) is 9.42. The lowest BCUT2D eigenvalue weighted by atomic mass is 10.1. The SMILES string of the molecule is COc1cc(CNC(=O)Cc2ccccc2C)ccc1OC[C@@H]1CCCO1. The molecule has 0 spiro atoms. The molecule has 1 aliphatic heterocycles. The predicted molar refractivity (Wildman–Crippen MR) is 104 cm³/mol.